The van der Waals surface area contributed by atoms with Gasteiger partial charge in [-0.1, -0.05) is 60.2 Å². The molecule has 3 aromatic carbocycles. The van der Waals surface area contributed by atoms with E-state index in [2.05, 4.69) is 0 Å². The van der Waals surface area contributed by atoms with Crippen LogP contribution in [0.5, 0.6) is 11.5 Å². The molecule has 0 saturated carbocycles. The average Bonchev–Trinajstić information content (AvgIpc) is 2.91. The number of phenolic OH excluding ortho intramolecular Hbond substituents is 1. The van der Waals surface area contributed by atoms with Crippen molar-refractivity contribution in [3.05, 3.63) is 89.2 Å². The molecule has 0 bridgehead atoms. The number of ketones is 1. The van der Waals surface area contributed by atoms with Gasteiger partial charge < -0.3 is 9.84 Å². The summed E-state index contributed by atoms with van der Waals surface area (Å²) in [6.07, 6.45) is 1.71. The predicted octanol–water partition coefficient (Wildman–Crippen LogP) is 4.98. The van der Waals surface area contributed by atoms with Crippen molar-refractivity contribution >= 4 is 11.9 Å². The number of allylic oxidation sites excluding steroid dienone is 1. The third kappa shape index (κ3) is 2.81. The highest BCUT2D eigenvalue weighted by atomic mass is 16.5. The van der Waals surface area contributed by atoms with Crippen molar-refractivity contribution < 1.29 is 14.6 Å². The van der Waals surface area contributed by atoms with Crippen LogP contribution < -0.4 is 4.74 Å². The molecule has 0 spiro atoms. The molecular formula is C22H16O3. The third-order valence-electron chi connectivity index (χ3n) is 4.25. The fourth-order valence-electron chi connectivity index (χ4n) is 2.89. The summed E-state index contributed by atoms with van der Waals surface area (Å²) in [6.45, 7) is 2.00. The number of rotatable bonds is 2. The fraction of sp³-hybridized carbons (Fsp3) is 0.0455. The van der Waals surface area contributed by atoms with Gasteiger partial charge in [0.25, 0.3) is 0 Å². The number of carbonyl (C=O) groups is 1. The molecule has 0 aliphatic carbocycles. The minimum atomic E-state index is -0.174. The van der Waals surface area contributed by atoms with Crippen LogP contribution in [0.15, 0.2) is 72.5 Å². The lowest BCUT2D eigenvalue weighted by Crippen LogP contribution is -1.98. The maximum atomic E-state index is 12.7. The highest BCUT2D eigenvalue weighted by molar-refractivity contribution is 6.15. The van der Waals surface area contributed by atoms with Crippen molar-refractivity contribution in [2.75, 3.05) is 0 Å². The first-order valence-electron chi connectivity index (χ1n) is 8.05. The summed E-state index contributed by atoms with van der Waals surface area (Å²) in [6, 6.07) is 20.5. The molecule has 25 heavy (non-hydrogen) atoms. The standard InChI is InChI=1S/C22H16O3/c1-14-7-9-16(10-8-14)17-12-18-20(13-19(17)23)25-21(22(18)24)11-15-5-3-2-4-6-15/h2-13,23H,1H3. The van der Waals surface area contributed by atoms with Crippen molar-refractivity contribution in [3.8, 4) is 22.6 Å². The first-order chi connectivity index (χ1) is 12.1. The Morgan fingerprint density at radius 1 is 0.920 bits per heavy atom. The van der Waals surface area contributed by atoms with Gasteiger partial charge >= 0.3 is 0 Å². The Labute approximate surface area is 145 Å². The average molecular weight is 328 g/mol. The van der Waals surface area contributed by atoms with Gasteiger partial charge in [-0.3, -0.25) is 4.79 Å². The normalized spacial score (nSPS) is 14.4. The van der Waals surface area contributed by atoms with Crippen LogP contribution in [0, 0.1) is 6.92 Å². The number of ether oxygens (including phenoxy) is 1. The zero-order valence-corrected chi connectivity index (χ0v) is 13.7. The molecule has 1 aliphatic heterocycles. The summed E-state index contributed by atoms with van der Waals surface area (Å²) in [5.41, 5.74) is 3.98. The predicted molar refractivity (Wildman–Crippen MR) is 97.7 cm³/mol. The summed E-state index contributed by atoms with van der Waals surface area (Å²) in [7, 11) is 0. The number of hydrogen-bond acceptors (Lipinski definition) is 3. The summed E-state index contributed by atoms with van der Waals surface area (Å²) in [4.78, 5) is 12.7. The first-order valence-corrected chi connectivity index (χ1v) is 8.05. The number of benzene rings is 3. The van der Waals surface area contributed by atoms with Crippen molar-refractivity contribution in [3.63, 3.8) is 0 Å². The van der Waals surface area contributed by atoms with Crippen LogP contribution in [-0.2, 0) is 0 Å². The molecule has 122 valence electrons. The largest absolute Gasteiger partial charge is 0.507 e. The lowest BCUT2D eigenvalue weighted by atomic mass is 9.99. The fourth-order valence-corrected chi connectivity index (χ4v) is 2.89. The number of carbonyl (C=O) groups excluding carboxylic acids is 1. The summed E-state index contributed by atoms with van der Waals surface area (Å²) >= 11 is 0. The van der Waals surface area contributed by atoms with E-state index in [1.165, 1.54) is 6.07 Å². The van der Waals surface area contributed by atoms with Crippen LogP contribution in [0.3, 0.4) is 0 Å². The molecule has 3 nitrogen and oxygen atoms in total. The minimum Gasteiger partial charge on any atom is -0.507 e. The van der Waals surface area contributed by atoms with Gasteiger partial charge in [0.05, 0.1) is 5.56 Å². The third-order valence-corrected chi connectivity index (χ3v) is 4.25. The van der Waals surface area contributed by atoms with Crippen molar-refractivity contribution in [1.82, 2.24) is 0 Å². The Balaban J connectivity index is 1.75. The molecule has 1 aliphatic rings. The molecule has 0 unspecified atom stereocenters. The Morgan fingerprint density at radius 2 is 1.64 bits per heavy atom. The van der Waals surface area contributed by atoms with Crippen LogP contribution in [0.2, 0.25) is 0 Å². The van der Waals surface area contributed by atoms with Gasteiger partial charge in [-0.15, -0.1) is 0 Å². The Bertz CT molecular complexity index is 984. The molecule has 3 heteroatoms. The highest BCUT2D eigenvalue weighted by Gasteiger charge is 2.29. The van der Waals surface area contributed by atoms with Crippen molar-refractivity contribution in [2.45, 2.75) is 6.92 Å². The maximum Gasteiger partial charge on any atom is 0.231 e. The Hall–Kier alpha value is -3.33. The summed E-state index contributed by atoms with van der Waals surface area (Å²) in [5, 5.41) is 10.3. The zero-order chi connectivity index (χ0) is 17.4. The van der Waals surface area contributed by atoms with E-state index in [1.807, 2.05) is 61.5 Å². The van der Waals surface area contributed by atoms with Crippen LogP contribution in [0.1, 0.15) is 21.5 Å². The van der Waals surface area contributed by atoms with Gasteiger partial charge in [-0.2, -0.15) is 0 Å². The van der Waals surface area contributed by atoms with E-state index in [1.54, 1.807) is 12.1 Å². The van der Waals surface area contributed by atoms with Crippen molar-refractivity contribution in [2.24, 2.45) is 0 Å². The molecule has 0 fully saturated rings. The zero-order valence-electron chi connectivity index (χ0n) is 13.7. The Morgan fingerprint density at radius 3 is 2.36 bits per heavy atom. The topological polar surface area (TPSA) is 46.5 Å². The second-order valence-corrected chi connectivity index (χ2v) is 6.08. The van der Waals surface area contributed by atoms with Crippen LogP contribution >= 0.6 is 0 Å². The highest BCUT2D eigenvalue weighted by Crippen LogP contribution is 2.40. The number of fused-ring (bicyclic) bond motifs is 1. The van der Waals surface area contributed by atoms with Crippen LogP contribution in [0.25, 0.3) is 17.2 Å². The van der Waals surface area contributed by atoms with Gasteiger partial charge in [0.1, 0.15) is 11.5 Å². The summed E-state index contributed by atoms with van der Waals surface area (Å²) < 4.78 is 5.67. The van der Waals surface area contributed by atoms with Gasteiger partial charge in [-0.05, 0) is 30.2 Å². The van der Waals surface area contributed by atoms with E-state index in [4.69, 9.17) is 4.74 Å². The molecule has 0 atom stereocenters. The van der Waals surface area contributed by atoms with E-state index in [-0.39, 0.29) is 17.3 Å². The van der Waals surface area contributed by atoms with E-state index in [0.29, 0.717) is 16.9 Å². The number of phenols is 1. The first kappa shape index (κ1) is 15.2. The maximum absolute atomic E-state index is 12.7. The molecule has 0 radical (unpaired) electrons. The number of aromatic hydroxyl groups is 1. The molecule has 0 aromatic heterocycles. The van der Waals surface area contributed by atoms with E-state index >= 15 is 0 Å². The van der Waals surface area contributed by atoms with Gasteiger partial charge in [0.2, 0.25) is 5.78 Å². The minimum absolute atomic E-state index is 0.0939. The van der Waals surface area contributed by atoms with Crippen molar-refractivity contribution in [1.29, 1.82) is 0 Å². The molecule has 0 amide bonds. The lowest BCUT2D eigenvalue weighted by Gasteiger charge is -2.07. The molecule has 4 rings (SSSR count). The monoisotopic (exact) mass is 328 g/mol. The number of Topliss-reactive ketones (excluding diaryl/α,β-unsaturated/α-hetero) is 1. The van der Waals surface area contributed by atoms with Gasteiger partial charge in [-0.25, -0.2) is 0 Å². The van der Waals surface area contributed by atoms with Crippen LogP contribution in [0.4, 0.5) is 0 Å². The number of aryl methyl sites for hydroxylation is 1. The van der Waals surface area contributed by atoms with Gasteiger partial charge in [0.15, 0.2) is 5.76 Å². The summed E-state index contributed by atoms with van der Waals surface area (Å²) in [5.74, 6) is 0.575. The van der Waals surface area contributed by atoms with Crippen LogP contribution in [-0.4, -0.2) is 10.9 Å². The van der Waals surface area contributed by atoms with Gasteiger partial charge in [0, 0.05) is 11.6 Å². The molecule has 1 N–H and O–H groups in total. The molecule has 0 saturated heterocycles. The van der Waals surface area contributed by atoms with E-state index < -0.39 is 0 Å². The smallest absolute Gasteiger partial charge is 0.231 e. The second-order valence-electron chi connectivity index (χ2n) is 6.08. The lowest BCUT2D eigenvalue weighted by molar-refractivity contribution is 0.101. The second kappa shape index (κ2) is 5.95. The quantitative estimate of drug-likeness (QED) is 0.675. The molecule has 3 aromatic rings. The molecule has 1 heterocycles. The Kier molecular flexibility index (Phi) is 3.62. The molecular weight excluding hydrogens is 312 g/mol. The van der Waals surface area contributed by atoms with E-state index in [0.717, 1.165) is 16.7 Å². The SMILES string of the molecule is Cc1ccc(-c2cc3c(cc2O)OC(=Cc2ccccc2)C3=O)cc1. The number of hydrogen-bond donors (Lipinski definition) is 1. The van der Waals surface area contributed by atoms with E-state index in [9.17, 15) is 9.90 Å².